The average Bonchev–Trinajstić information content (AvgIpc) is 2.93. The van der Waals surface area contributed by atoms with Gasteiger partial charge in [-0.05, 0) is 38.0 Å². The Bertz CT molecular complexity index is 342. The molecule has 1 atom stereocenters. The number of likely N-dealkylation sites (tertiary alicyclic amines) is 1. The lowest BCUT2D eigenvalue weighted by Gasteiger charge is -2.34. The predicted octanol–water partition coefficient (Wildman–Crippen LogP) is 1.45. The summed E-state index contributed by atoms with van der Waals surface area (Å²) in [7, 11) is 0. The van der Waals surface area contributed by atoms with Gasteiger partial charge in [0.1, 0.15) is 0 Å². The number of carboxylic acids is 1. The quantitative estimate of drug-likeness (QED) is 0.749. The van der Waals surface area contributed by atoms with E-state index >= 15 is 0 Å². The molecule has 20 heavy (non-hydrogen) atoms. The average molecular weight is 284 g/mol. The zero-order chi connectivity index (χ0) is 14.4. The molecule has 1 unspecified atom stereocenters. The molecule has 0 aromatic rings. The van der Waals surface area contributed by atoms with Crippen LogP contribution in [-0.4, -0.2) is 54.4 Å². The predicted molar refractivity (Wildman–Crippen MR) is 73.5 cm³/mol. The fraction of sp³-hybridized carbons (Fsp3) is 0.857. The Kier molecular flexibility index (Phi) is 5.64. The molecule has 2 aliphatic heterocycles. The Morgan fingerprint density at radius 2 is 2.00 bits per heavy atom. The van der Waals surface area contributed by atoms with Gasteiger partial charge in [-0.25, -0.2) is 4.79 Å². The maximum Gasteiger partial charge on any atom is 0.317 e. The molecule has 2 heterocycles. The van der Waals surface area contributed by atoms with Gasteiger partial charge in [0.05, 0.1) is 0 Å². The van der Waals surface area contributed by atoms with E-state index in [1.165, 1.54) is 0 Å². The highest BCUT2D eigenvalue weighted by Gasteiger charge is 2.35. The van der Waals surface area contributed by atoms with Crippen LogP contribution < -0.4 is 5.32 Å². The Labute approximate surface area is 119 Å². The number of carbonyl (C=O) groups is 2. The molecule has 0 saturated carbocycles. The van der Waals surface area contributed by atoms with Crippen LogP contribution in [0.1, 0.15) is 38.5 Å². The third kappa shape index (κ3) is 4.10. The van der Waals surface area contributed by atoms with Crippen LogP contribution in [0.5, 0.6) is 0 Å². The number of hydrogen-bond acceptors (Lipinski definition) is 3. The van der Waals surface area contributed by atoms with Crippen LogP contribution in [0.15, 0.2) is 0 Å². The number of nitrogens with one attached hydrogen (secondary N) is 1. The summed E-state index contributed by atoms with van der Waals surface area (Å²) >= 11 is 0. The minimum Gasteiger partial charge on any atom is -0.481 e. The van der Waals surface area contributed by atoms with E-state index in [0.717, 1.165) is 45.4 Å². The van der Waals surface area contributed by atoms with Crippen molar-refractivity contribution in [1.29, 1.82) is 0 Å². The van der Waals surface area contributed by atoms with Crippen LogP contribution in [0.2, 0.25) is 0 Å². The Morgan fingerprint density at radius 1 is 1.25 bits per heavy atom. The first kappa shape index (κ1) is 15.1. The maximum atomic E-state index is 12.2. The van der Waals surface area contributed by atoms with Gasteiger partial charge in [0.15, 0.2) is 0 Å². The number of urea groups is 1. The van der Waals surface area contributed by atoms with Gasteiger partial charge in [-0.2, -0.15) is 0 Å². The SMILES string of the molecule is O=C(O)CCCNC(=O)N1CCCC1C1CCOCC1. The molecule has 2 amide bonds. The topological polar surface area (TPSA) is 78.9 Å². The molecule has 2 N–H and O–H groups in total. The number of aliphatic carboxylic acids is 1. The second-order valence-electron chi connectivity index (χ2n) is 5.58. The third-order valence-corrected chi connectivity index (χ3v) is 4.21. The molecule has 2 fully saturated rings. The molecule has 0 aliphatic carbocycles. The highest BCUT2D eigenvalue weighted by molar-refractivity contribution is 5.75. The second-order valence-corrected chi connectivity index (χ2v) is 5.58. The zero-order valence-electron chi connectivity index (χ0n) is 11.8. The standard InChI is InChI=1S/C14H24N2O4/c17-13(18)4-1-7-15-14(19)16-8-2-3-12(16)11-5-9-20-10-6-11/h11-12H,1-10H2,(H,15,19)(H,17,18). The Hall–Kier alpha value is -1.30. The van der Waals surface area contributed by atoms with E-state index in [1.54, 1.807) is 0 Å². The lowest BCUT2D eigenvalue weighted by Crippen LogP contribution is -2.47. The van der Waals surface area contributed by atoms with Gasteiger partial charge in [0.25, 0.3) is 0 Å². The van der Waals surface area contributed by atoms with E-state index in [4.69, 9.17) is 9.84 Å². The van der Waals surface area contributed by atoms with Crippen molar-refractivity contribution in [3.8, 4) is 0 Å². The molecular weight excluding hydrogens is 260 g/mol. The summed E-state index contributed by atoms with van der Waals surface area (Å²) < 4.78 is 5.38. The fourth-order valence-corrected chi connectivity index (χ4v) is 3.17. The van der Waals surface area contributed by atoms with Gasteiger partial charge < -0.3 is 20.1 Å². The van der Waals surface area contributed by atoms with E-state index in [-0.39, 0.29) is 12.5 Å². The molecule has 0 aromatic heterocycles. The monoisotopic (exact) mass is 284 g/mol. The minimum absolute atomic E-state index is 0.0376. The molecule has 6 heteroatoms. The summed E-state index contributed by atoms with van der Waals surface area (Å²) in [5.74, 6) is -0.267. The van der Waals surface area contributed by atoms with Crippen molar-refractivity contribution in [1.82, 2.24) is 10.2 Å². The number of carboxylic acid groups (broad SMARTS) is 1. The zero-order valence-corrected chi connectivity index (χ0v) is 11.8. The van der Waals surface area contributed by atoms with Gasteiger partial charge in [0.2, 0.25) is 0 Å². The smallest absolute Gasteiger partial charge is 0.317 e. The van der Waals surface area contributed by atoms with Crippen molar-refractivity contribution in [3.63, 3.8) is 0 Å². The van der Waals surface area contributed by atoms with Crippen molar-refractivity contribution >= 4 is 12.0 Å². The lowest BCUT2D eigenvalue weighted by molar-refractivity contribution is -0.137. The van der Waals surface area contributed by atoms with Crippen molar-refractivity contribution in [3.05, 3.63) is 0 Å². The highest BCUT2D eigenvalue weighted by Crippen LogP contribution is 2.30. The number of hydrogen-bond donors (Lipinski definition) is 2. The van der Waals surface area contributed by atoms with Crippen LogP contribution in [0.4, 0.5) is 4.79 Å². The first-order valence-electron chi connectivity index (χ1n) is 7.52. The van der Waals surface area contributed by atoms with E-state index in [0.29, 0.717) is 24.9 Å². The highest BCUT2D eigenvalue weighted by atomic mass is 16.5. The molecule has 0 radical (unpaired) electrons. The first-order valence-corrected chi connectivity index (χ1v) is 7.52. The van der Waals surface area contributed by atoms with E-state index in [9.17, 15) is 9.59 Å². The number of rotatable bonds is 5. The lowest BCUT2D eigenvalue weighted by atomic mass is 9.90. The number of carbonyl (C=O) groups excluding carboxylic acids is 1. The van der Waals surface area contributed by atoms with Crippen LogP contribution in [0.25, 0.3) is 0 Å². The van der Waals surface area contributed by atoms with Crippen molar-refractivity contribution < 1.29 is 19.4 Å². The first-order chi connectivity index (χ1) is 9.68. The molecule has 0 aromatic carbocycles. The molecule has 2 saturated heterocycles. The summed E-state index contributed by atoms with van der Waals surface area (Å²) in [6.45, 7) is 2.85. The van der Waals surface area contributed by atoms with Crippen molar-refractivity contribution in [2.45, 2.75) is 44.6 Å². The summed E-state index contributed by atoms with van der Waals surface area (Å²) in [5, 5.41) is 11.4. The van der Waals surface area contributed by atoms with Crippen molar-refractivity contribution in [2.24, 2.45) is 5.92 Å². The molecule has 2 aliphatic rings. The minimum atomic E-state index is -0.819. The summed E-state index contributed by atoms with van der Waals surface area (Å²) in [5.41, 5.74) is 0. The Morgan fingerprint density at radius 3 is 2.70 bits per heavy atom. The largest absolute Gasteiger partial charge is 0.481 e. The summed E-state index contributed by atoms with van der Waals surface area (Å²) in [4.78, 5) is 24.5. The van der Waals surface area contributed by atoms with Gasteiger partial charge in [-0.1, -0.05) is 0 Å². The van der Waals surface area contributed by atoms with Crippen LogP contribution >= 0.6 is 0 Å². The van der Waals surface area contributed by atoms with Crippen LogP contribution in [0.3, 0.4) is 0 Å². The molecule has 0 spiro atoms. The molecule has 114 valence electrons. The van der Waals surface area contributed by atoms with Gasteiger partial charge in [-0.15, -0.1) is 0 Å². The van der Waals surface area contributed by atoms with Crippen molar-refractivity contribution in [2.75, 3.05) is 26.3 Å². The van der Waals surface area contributed by atoms with Gasteiger partial charge in [-0.3, -0.25) is 4.79 Å². The van der Waals surface area contributed by atoms with E-state index in [1.807, 2.05) is 4.90 Å². The second kappa shape index (κ2) is 7.47. The van der Waals surface area contributed by atoms with Gasteiger partial charge in [0, 0.05) is 38.8 Å². The van der Waals surface area contributed by atoms with Crippen LogP contribution in [-0.2, 0) is 9.53 Å². The molecule has 6 nitrogen and oxygen atoms in total. The summed E-state index contributed by atoms with van der Waals surface area (Å²) in [6, 6.07) is 0.294. The number of amides is 2. The maximum absolute atomic E-state index is 12.2. The molecule has 0 bridgehead atoms. The fourth-order valence-electron chi connectivity index (χ4n) is 3.17. The third-order valence-electron chi connectivity index (χ3n) is 4.21. The number of ether oxygens (including phenoxy) is 1. The van der Waals surface area contributed by atoms with E-state index < -0.39 is 5.97 Å². The Balaban J connectivity index is 1.77. The van der Waals surface area contributed by atoms with E-state index in [2.05, 4.69) is 5.32 Å². The van der Waals surface area contributed by atoms with Gasteiger partial charge >= 0.3 is 12.0 Å². The van der Waals surface area contributed by atoms with Crippen LogP contribution in [0, 0.1) is 5.92 Å². The number of nitrogens with zero attached hydrogens (tertiary/aromatic N) is 1. The molecular formula is C14H24N2O4. The normalized spacial score (nSPS) is 23.8. The molecule has 2 rings (SSSR count). The summed E-state index contributed by atoms with van der Waals surface area (Å²) in [6.07, 6.45) is 4.79.